The summed E-state index contributed by atoms with van der Waals surface area (Å²) in [7, 11) is 4.19. The largest absolute Gasteiger partial charge is 0.339 e. The monoisotopic (exact) mass is 266 g/mol. The van der Waals surface area contributed by atoms with Gasteiger partial charge in [0.1, 0.15) is 5.78 Å². The van der Waals surface area contributed by atoms with Crippen LogP contribution in [0.4, 0.5) is 0 Å². The first-order valence-electron chi connectivity index (χ1n) is 6.83. The van der Waals surface area contributed by atoms with E-state index >= 15 is 0 Å². The van der Waals surface area contributed by atoms with Gasteiger partial charge in [-0.15, -0.1) is 0 Å². The summed E-state index contributed by atoms with van der Waals surface area (Å²) in [5.74, 6) is 1.25. The van der Waals surface area contributed by atoms with Crippen molar-refractivity contribution in [2.45, 2.75) is 32.2 Å². The maximum absolute atomic E-state index is 11.4. The van der Waals surface area contributed by atoms with Crippen molar-refractivity contribution in [1.29, 1.82) is 0 Å². The number of carbonyl (C=O) groups excluding carboxylic acids is 1. The average molecular weight is 266 g/mol. The third-order valence-electron chi connectivity index (χ3n) is 3.59. The summed E-state index contributed by atoms with van der Waals surface area (Å²) in [4.78, 5) is 20.3. The topological polar surface area (TPSA) is 62.5 Å². The van der Waals surface area contributed by atoms with Gasteiger partial charge in [-0.3, -0.25) is 9.69 Å². The fourth-order valence-corrected chi connectivity index (χ4v) is 2.32. The van der Waals surface area contributed by atoms with Crippen LogP contribution in [0.5, 0.6) is 0 Å². The predicted octanol–water partition coefficient (Wildman–Crippen LogP) is 0.900. The van der Waals surface area contributed by atoms with Crippen LogP contribution in [0, 0.1) is 0 Å². The van der Waals surface area contributed by atoms with E-state index in [1.807, 2.05) is 6.92 Å². The molecule has 0 bridgehead atoms. The average Bonchev–Trinajstić information content (AvgIpc) is 2.76. The van der Waals surface area contributed by atoms with E-state index in [1.54, 1.807) is 0 Å². The Morgan fingerprint density at radius 2 is 2.21 bits per heavy atom. The summed E-state index contributed by atoms with van der Waals surface area (Å²) in [6, 6.07) is 0.140. The highest BCUT2D eigenvalue weighted by molar-refractivity contribution is 5.79. The Labute approximate surface area is 113 Å². The molecule has 2 heterocycles. The number of nitrogens with zero attached hydrogens (tertiary/aromatic N) is 4. The maximum atomic E-state index is 11.4. The van der Waals surface area contributed by atoms with Gasteiger partial charge in [0.05, 0.1) is 12.5 Å². The first kappa shape index (κ1) is 14.1. The number of rotatable bonds is 4. The van der Waals surface area contributed by atoms with Crippen LogP contribution in [-0.4, -0.2) is 59.5 Å². The standard InChI is InChI=1S/C13H22N4O2/c1-4-10(18)8-12-14-13(15-19-12)11-9-16(2)6-5-7-17(11)3/h11H,4-9H2,1-3H3. The van der Waals surface area contributed by atoms with Crippen LogP contribution in [0.15, 0.2) is 4.52 Å². The van der Waals surface area contributed by atoms with Gasteiger partial charge < -0.3 is 9.42 Å². The Kier molecular flexibility index (Phi) is 4.66. The SMILES string of the molecule is CCC(=O)Cc1nc(C2CN(C)CCCN2C)no1. The zero-order chi connectivity index (χ0) is 13.8. The van der Waals surface area contributed by atoms with Gasteiger partial charge in [-0.2, -0.15) is 4.98 Å². The van der Waals surface area contributed by atoms with E-state index < -0.39 is 0 Å². The van der Waals surface area contributed by atoms with E-state index in [0.29, 0.717) is 18.1 Å². The molecule has 19 heavy (non-hydrogen) atoms. The normalized spacial score (nSPS) is 22.4. The molecule has 1 saturated heterocycles. The molecule has 1 unspecified atom stereocenters. The van der Waals surface area contributed by atoms with Crippen LogP contribution < -0.4 is 0 Å². The minimum atomic E-state index is 0.126. The lowest BCUT2D eigenvalue weighted by molar-refractivity contribution is -0.118. The molecule has 0 aromatic carbocycles. The maximum Gasteiger partial charge on any atom is 0.234 e. The van der Waals surface area contributed by atoms with Crippen molar-refractivity contribution in [2.24, 2.45) is 0 Å². The molecule has 0 spiro atoms. The second kappa shape index (κ2) is 6.25. The fraction of sp³-hybridized carbons (Fsp3) is 0.769. The summed E-state index contributed by atoms with van der Waals surface area (Å²) in [6.07, 6.45) is 1.89. The Balaban J connectivity index is 2.09. The van der Waals surface area contributed by atoms with Gasteiger partial charge in [0.15, 0.2) is 5.82 Å². The lowest BCUT2D eigenvalue weighted by atomic mass is 10.2. The molecule has 6 nitrogen and oxygen atoms in total. The summed E-state index contributed by atoms with van der Waals surface area (Å²) < 4.78 is 5.19. The van der Waals surface area contributed by atoms with E-state index in [-0.39, 0.29) is 18.2 Å². The second-order valence-corrected chi connectivity index (χ2v) is 5.23. The summed E-state index contributed by atoms with van der Waals surface area (Å²) in [5.41, 5.74) is 0. The molecule has 106 valence electrons. The van der Waals surface area contributed by atoms with E-state index in [9.17, 15) is 4.79 Å². The molecule has 0 saturated carbocycles. The van der Waals surface area contributed by atoms with Gasteiger partial charge in [0.2, 0.25) is 5.89 Å². The number of aromatic nitrogens is 2. The van der Waals surface area contributed by atoms with E-state index in [0.717, 1.165) is 26.1 Å². The highest BCUT2D eigenvalue weighted by Gasteiger charge is 2.26. The Hall–Kier alpha value is -1.27. The fourth-order valence-electron chi connectivity index (χ4n) is 2.32. The number of hydrogen-bond acceptors (Lipinski definition) is 6. The van der Waals surface area contributed by atoms with Crippen molar-refractivity contribution in [3.63, 3.8) is 0 Å². The van der Waals surface area contributed by atoms with E-state index in [2.05, 4.69) is 34.0 Å². The Bertz CT molecular complexity index is 432. The quantitative estimate of drug-likeness (QED) is 0.807. The van der Waals surface area contributed by atoms with Crippen molar-refractivity contribution in [3.8, 4) is 0 Å². The van der Waals surface area contributed by atoms with Gasteiger partial charge in [-0.1, -0.05) is 12.1 Å². The van der Waals surface area contributed by atoms with Gasteiger partial charge in [0, 0.05) is 13.0 Å². The van der Waals surface area contributed by atoms with Gasteiger partial charge in [-0.05, 0) is 33.6 Å². The Morgan fingerprint density at radius 1 is 1.42 bits per heavy atom. The zero-order valence-electron chi connectivity index (χ0n) is 11.9. The molecule has 0 amide bonds. The molecule has 1 aromatic rings. The van der Waals surface area contributed by atoms with Crippen LogP contribution in [0.1, 0.15) is 37.5 Å². The smallest absolute Gasteiger partial charge is 0.234 e. The second-order valence-electron chi connectivity index (χ2n) is 5.23. The molecular formula is C13H22N4O2. The number of ketones is 1. The highest BCUT2D eigenvalue weighted by atomic mass is 16.5. The number of Topliss-reactive ketones (excluding diaryl/α,β-unsaturated/α-hetero) is 1. The number of likely N-dealkylation sites (N-methyl/N-ethyl adjacent to an activating group) is 2. The molecular weight excluding hydrogens is 244 g/mol. The van der Waals surface area contributed by atoms with Crippen molar-refractivity contribution < 1.29 is 9.32 Å². The molecule has 6 heteroatoms. The highest BCUT2D eigenvalue weighted by Crippen LogP contribution is 2.20. The first-order chi connectivity index (χ1) is 9.10. The summed E-state index contributed by atoms with van der Waals surface area (Å²) >= 11 is 0. The van der Waals surface area contributed by atoms with E-state index in [1.165, 1.54) is 0 Å². The third kappa shape index (κ3) is 3.61. The van der Waals surface area contributed by atoms with Crippen LogP contribution in [0.3, 0.4) is 0 Å². The van der Waals surface area contributed by atoms with Gasteiger partial charge in [0.25, 0.3) is 0 Å². The number of carbonyl (C=O) groups is 1. The molecule has 0 N–H and O–H groups in total. The minimum Gasteiger partial charge on any atom is -0.339 e. The molecule has 1 atom stereocenters. The van der Waals surface area contributed by atoms with Crippen molar-refractivity contribution >= 4 is 5.78 Å². The number of hydrogen-bond donors (Lipinski definition) is 0. The molecule has 1 aliphatic heterocycles. The van der Waals surface area contributed by atoms with Crippen molar-refractivity contribution in [2.75, 3.05) is 33.7 Å². The molecule has 0 aliphatic carbocycles. The van der Waals surface area contributed by atoms with Gasteiger partial charge in [-0.25, -0.2) is 0 Å². The van der Waals surface area contributed by atoms with Crippen molar-refractivity contribution in [1.82, 2.24) is 19.9 Å². The molecule has 1 aliphatic rings. The Morgan fingerprint density at radius 3 is 2.95 bits per heavy atom. The van der Waals surface area contributed by atoms with Crippen LogP contribution in [0.2, 0.25) is 0 Å². The zero-order valence-corrected chi connectivity index (χ0v) is 11.9. The summed E-state index contributed by atoms with van der Waals surface area (Å²) in [6.45, 7) is 4.83. The minimum absolute atomic E-state index is 0.126. The first-order valence-corrected chi connectivity index (χ1v) is 6.83. The van der Waals surface area contributed by atoms with Crippen LogP contribution in [0.25, 0.3) is 0 Å². The molecule has 0 radical (unpaired) electrons. The molecule has 2 rings (SSSR count). The van der Waals surface area contributed by atoms with Crippen molar-refractivity contribution in [3.05, 3.63) is 11.7 Å². The lowest BCUT2D eigenvalue weighted by Crippen LogP contribution is -2.31. The third-order valence-corrected chi connectivity index (χ3v) is 3.59. The van der Waals surface area contributed by atoms with Gasteiger partial charge >= 0.3 is 0 Å². The predicted molar refractivity (Wildman–Crippen MR) is 70.8 cm³/mol. The van der Waals surface area contributed by atoms with Crippen LogP contribution >= 0.6 is 0 Å². The molecule has 1 aromatic heterocycles. The van der Waals surface area contributed by atoms with Crippen LogP contribution in [-0.2, 0) is 11.2 Å². The molecule has 1 fully saturated rings. The van der Waals surface area contributed by atoms with E-state index in [4.69, 9.17) is 4.52 Å². The lowest BCUT2D eigenvalue weighted by Gasteiger charge is -2.24. The summed E-state index contributed by atoms with van der Waals surface area (Å²) in [5, 5.41) is 4.05.